The Bertz CT molecular complexity index is 454. The highest BCUT2D eigenvalue weighted by molar-refractivity contribution is 5.91. The number of hydrogen-bond donors (Lipinski definition) is 1. The van der Waals surface area contributed by atoms with Gasteiger partial charge in [-0.25, -0.2) is 0 Å². The van der Waals surface area contributed by atoms with Gasteiger partial charge < -0.3 is 10.0 Å². The molecule has 18 heavy (non-hydrogen) atoms. The Hall–Kier alpha value is -1.61. The molecule has 0 spiro atoms. The van der Waals surface area contributed by atoms with Crippen LogP contribution < -0.4 is 0 Å². The van der Waals surface area contributed by atoms with E-state index in [9.17, 15) is 4.79 Å². The van der Waals surface area contributed by atoms with Crippen molar-refractivity contribution in [1.82, 2.24) is 4.90 Å². The molecular formula is C15H19NO2. The average molecular weight is 245 g/mol. The Morgan fingerprint density at radius 1 is 1.56 bits per heavy atom. The van der Waals surface area contributed by atoms with Crippen molar-refractivity contribution in [1.29, 1.82) is 0 Å². The predicted molar refractivity (Wildman–Crippen MR) is 72.0 cm³/mol. The minimum absolute atomic E-state index is 0.0347. The van der Waals surface area contributed by atoms with Gasteiger partial charge in [0.25, 0.3) is 0 Å². The van der Waals surface area contributed by atoms with Crippen LogP contribution in [0.15, 0.2) is 30.3 Å². The monoisotopic (exact) mass is 245 g/mol. The van der Waals surface area contributed by atoms with Gasteiger partial charge in [0, 0.05) is 31.7 Å². The van der Waals surface area contributed by atoms with E-state index in [0.717, 1.165) is 18.5 Å². The fourth-order valence-corrected chi connectivity index (χ4v) is 2.23. The van der Waals surface area contributed by atoms with Crippen molar-refractivity contribution >= 4 is 12.0 Å². The van der Waals surface area contributed by atoms with Gasteiger partial charge in [0.1, 0.15) is 0 Å². The number of likely N-dealkylation sites (tertiary alicyclic amines) is 1. The van der Waals surface area contributed by atoms with E-state index in [1.165, 1.54) is 5.56 Å². The van der Waals surface area contributed by atoms with E-state index < -0.39 is 0 Å². The standard InChI is InChI=1S/C15H19NO2/c1-12-3-2-4-13(9-12)5-6-15(18)16-8-7-14(10-16)11-17/h2-6,9,14,17H,7-8,10-11H2,1H3. The summed E-state index contributed by atoms with van der Waals surface area (Å²) < 4.78 is 0. The highest BCUT2D eigenvalue weighted by atomic mass is 16.3. The Morgan fingerprint density at radius 3 is 3.06 bits per heavy atom. The number of aliphatic hydroxyl groups is 1. The molecule has 1 N–H and O–H groups in total. The molecule has 1 aliphatic heterocycles. The summed E-state index contributed by atoms with van der Waals surface area (Å²) in [5.74, 6) is 0.286. The molecule has 0 radical (unpaired) electrons. The first-order valence-electron chi connectivity index (χ1n) is 6.33. The second-order valence-corrected chi connectivity index (χ2v) is 4.87. The second kappa shape index (κ2) is 5.83. The summed E-state index contributed by atoms with van der Waals surface area (Å²) in [5, 5.41) is 9.05. The first kappa shape index (κ1) is 12.8. The van der Waals surface area contributed by atoms with Crippen LogP contribution in [0.25, 0.3) is 6.08 Å². The molecule has 0 bridgehead atoms. The number of amides is 1. The van der Waals surface area contributed by atoms with Crippen molar-refractivity contribution < 1.29 is 9.90 Å². The van der Waals surface area contributed by atoms with Crippen molar-refractivity contribution in [2.24, 2.45) is 5.92 Å². The van der Waals surface area contributed by atoms with Gasteiger partial charge in [-0.1, -0.05) is 29.8 Å². The third-order valence-electron chi connectivity index (χ3n) is 3.32. The molecule has 1 heterocycles. The molecule has 1 atom stereocenters. The molecule has 2 rings (SSSR count). The van der Waals surface area contributed by atoms with E-state index in [2.05, 4.69) is 0 Å². The largest absolute Gasteiger partial charge is 0.396 e. The zero-order chi connectivity index (χ0) is 13.0. The summed E-state index contributed by atoms with van der Waals surface area (Å²) in [6.45, 7) is 3.63. The third-order valence-corrected chi connectivity index (χ3v) is 3.32. The summed E-state index contributed by atoms with van der Waals surface area (Å²) >= 11 is 0. The fourth-order valence-electron chi connectivity index (χ4n) is 2.23. The minimum Gasteiger partial charge on any atom is -0.396 e. The third kappa shape index (κ3) is 3.20. The van der Waals surface area contributed by atoms with E-state index in [0.29, 0.717) is 6.54 Å². The molecule has 1 aromatic carbocycles. The molecule has 1 fully saturated rings. The van der Waals surface area contributed by atoms with Gasteiger partial charge in [0.05, 0.1) is 0 Å². The van der Waals surface area contributed by atoms with Gasteiger partial charge >= 0.3 is 0 Å². The molecule has 0 saturated carbocycles. The van der Waals surface area contributed by atoms with Crippen LogP contribution in [0, 0.1) is 12.8 Å². The van der Waals surface area contributed by atoms with Crippen molar-refractivity contribution in [2.75, 3.05) is 19.7 Å². The van der Waals surface area contributed by atoms with Crippen LogP contribution in [0.5, 0.6) is 0 Å². The summed E-state index contributed by atoms with van der Waals surface area (Å²) in [6, 6.07) is 8.05. The van der Waals surface area contributed by atoms with Crippen LogP contribution in [-0.4, -0.2) is 35.6 Å². The lowest BCUT2D eigenvalue weighted by molar-refractivity contribution is -0.125. The van der Waals surface area contributed by atoms with Crippen LogP contribution in [-0.2, 0) is 4.79 Å². The van der Waals surface area contributed by atoms with E-state index >= 15 is 0 Å². The van der Waals surface area contributed by atoms with Gasteiger partial charge in [-0.05, 0) is 25.0 Å². The molecule has 3 nitrogen and oxygen atoms in total. The first-order chi connectivity index (χ1) is 8.69. The highest BCUT2D eigenvalue weighted by Gasteiger charge is 2.23. The molecule has 0 aliphatic carbocycles. The lowest BCUT2D eigenvalue weighted by Gasteiger charge is -2.13. The van der Waals surface area contributed by atoms with Crippen molar-refractivity contribution in [3.05, 3.63) is 41.5 Å². The normalized spacial score (nSPS) is 19.7. The van der Waals surface area contributed by atoms with Gasteiger partial charge in [-0.15, -0.1) is 0 Å². The van der Waals surface area contributed by atoms with E-state index in [1.807, 2.05) is 37.3 Å². The van der Waals surface area contributed by atoms with Crippen molar-refractivity contribution in [3.63, 3.8) is 0 Å². The number of aryl methyl sites for hydroxylation is 1. The SMILES string of the molecule is Cc1cccc(C=CC(=O)N2CCC(CO)C2)c1. The van der Waals surface area contributed by atoms with Crippen LogP contribution in [0.2, 0.25) is 0 Å². The number of rotatable bonds is 3. The first-order valence-corrected chi connectivity index (χ1v) is 6.33. The molecule has 1 saturated heterocycles. The molecule has 3 heteroatoms. The molecule has 0 aromatic heterocycles. The predicted octanol–water partition coefficient (Wildman–Crippen LogP) is 1.85. The number of aliphatic hydroxyl groups excluding tert-OH is 1. The zero-order valence-corrected chi connectivity index (χ0v) is 10.7. The van der Waals surface area contributed by atoms with Gasteiger partial charge in [0.2, 0.25) is 5.91 Å². The quantitative estimate of drug-likeness (QED) is 0.826. The maximum Gasteiger partial charge on any atom is 0.246 e. The summed E-state index contributed by atoms with van der Waals surface area (Å²) in [5.41, 5.74) is 2.23. The van der Waals surface area contributed by atoms with E-state index in [-0.39, 0.29) is 18.4 Å². The maximum atomic E-state index is 11.9. The summed E-state index contributed by atoms with van der Waals surface area (Å²) in [7, 11) is 0. The van der Waals surface area contributed by atoms with Crippen molar-refractivity contribution in [2.45, 2.75) is 13.3 Å². The summed E-state index contributed by atoms with van der Waals surface area (Å²) in [6.07, 6.45) is 4.37. The highest BCUT2D eigenvalue weighted by Crippen LogP contribution is 2.16. The Morgan fingerprint density at radius 2 is 2.39 bits per heavy atom. The molecule has 1 amide bonds. The van der Waals surface area contributed by atoms with Crippen LogP contribution in [0.4, 0.5) is 0 Å². The van der Waals surface area contributed by atoms with Gasteiger partial charge in [0.15, 0.2) is 0 Å². The maximum absolute atomic E-state index is 11.9. The Kier molecular flexibility index (Phi) is 4.15. The van der Waals surface area contributed by atoms with Crippen molar-refractivity contribution in [3.8, 4) is 0 Å². The fraction of sp³-hybridized carbons (Fsp3) is 0.400. The topological polar surface area (TPSA) is 40.5 Å². The second-order valence-electron chi connectivity index (χ2n) is 4.87. The number of benzene rings is 1. The molecule has 1 unspecified atom stereocenters. The van der Waals surface area contributed by atoms with Crippen LogP contribution in [0.1, 0.15) is 17.5 Å². The van der Waals surface area contributed by atoms with E-state index in [1.54, 1.807) is 11.0 Å². The van der Waals surface area contributed by atoms with Crippen LogP contribution >= 0.6 is 0 Å². The zero-order valence-electron chi connectivity index (χ0n) is 10.7. The number of nitrogens with zero attached hydrogens (tertiary/aromatic N) is 1. The van der Waals surface area contributed by atoms with E-state index in [4.69, 9.17) is 5.11 Å². The number of carbonyl (C=O) groups is 1. The lowest BCUT2D eigenvalue weighted by Crippen LogP contribution is -2.27. The Labute approximate surface area is 108 Å². The summed E-state index contributed by atoms with van der Waals surface area (Å²) in [4.78, 5) is 13.7. The number of carbonyl (C=O) groups excluding carboxylic acids is 1. The Balaban J connectivity index is 1.95. The lowest BCUT2D eigenvalue weighted by atomic mass is 10.1. The molecular weight excluding hydrogens is 226 g/mol. The van der Waals surface area contributed by atoms with Gasteiger partial charge in [-0.2, -0.15) is 0 Å². The number of hydrogen-bond acceptors (Lipinski definition) is 2. The molecule has 1 aliphatic rings. The minimum atomic E-state index is 0.0347. The molecule has 96 valence electrons. The smallest absolute Gasteiger partial charge is 0.246 e. The van der Waals surface area contributed by atoms with Gasteiger partial charge in [-0.3, -0.25) is 4.79 Å². The average Bonchev–Trinajstić information content (AvgIpc) is 2.85. The van der Waals surface area contributed by atoms with Crippen LogP contribution in [0.3, 0.4) is 0 Å². The molecule has 1 aromatic rings.